The van der Waals surface area contributed by atoms with E-state index in [1.807, 2.05) is 48.5 Å². The van der Waals surface area contributed by atoms with Crippen LogP contribution in [0.3, 0.4) is 0 Å². The minimum atomic E-state index is -0.131. The molecule has 0 aliphatic carbocycles. The highest BCUT2D eigenvalue weighted by molar-refractivity contribution is 6.32. The smallest absolute Gasteiger partial charge is 0.263 e. The molecule has 0 N–H and O–H groups in total. The van der Waals surface area contributed by atoms with Gasteiger partial charge in [-0.05, 0) is 34.5 Å². The Morgan fingerprint density at radius 3 is 2.09 bits per heavy atom. The van der Waals surface area contributed by atoms with Gasteiger partial charge < -0.3 is 23.8 Å². The Balaban J connectivity index is 1.82. The summed E-state index contributed by atoms with van der Waals surface area (Å²) in [6, 6.07) is 17.8. The molecule has 0 saturated carbocycles. The van der Waals surface area contributed by atoms with Gasteiger partial charge in [0.15, 0.2) is 11.5 Å². The minimum Gasteiger partial charge on any atom is -0.497 e. The van der Waals surface area contributed by atoms with Gasteiger partial charge in [-0.1, -0.05) is 36.4 Å². The van der Waals surface area contributed by atoms with Crippen LogP contribution in [0.2, 0.25) is 0 Å². The first-order valence-electron chi connectivity index (χ1n) is 10.2. The Hall–Kier alpha value is -3.93. The van der Waals surface area contributed by atoms with Gasteiger partial charge in [0.1, 0.15) is 5.75 Å². The number of ether oxygens (including phenoxy) is 4. The van der Waals surface area contributed by atoms with E-state index in [2.05, 4.69) is 6.07 Å². The van der Waals surface area contributed by atoms with Gasteiger partial charge in [-0.3, -0.25) is 4.79 Å². The van der Waals surface area contributed by atoms with Gasteiger partial charge in [0.2, 0.25) is 5.75 Å². The van der Waals surface area contributed by atoms with Crippen molar-refractivity contribution >= 4 is 33.1 Å². The molecular weight excluding hydrogens is 406 g/mol. The van der Waals surface area contributed by atoms with Crippen LogP contribution in [0.15, 0.2) is 54.6 Å². The SMILES string of the molecule is COc1ccc(CN2C(=O)c3c(OC)c(OC)c(OC)c4c3c2cc2ccccc24)cc1. The summed E-state index contributed by atoms with van der Waals surface area (Å²) in [5, 5.41) is 3.67. The number of carbonyl (C=O) groups is 1. The summed E-state index contributed by atoms with van der Waals surface area (Å²) in [5.74, 6) is 2.00. The molecule has 4 aromatic carbocycles. The van der Waals surface area contributed by atoms with Crippen LogP contribution in [-0.4, -0.2) is 34.3 Å². The predicted molar refractivity (Wildman–Crippen MR) is 125 cm³/mol. The molecule has 0 radical (unpaired) electrons. The molecule has 1 amide bonds. The number of hydrogen-bond donors (Lipinski definition) is 0. The largest absolute Gasteiger partial charge is 0.497 e. The number of fused-ring (bicyclic) bond motifs is 2. The average Bonchev–Trinajstić information content (AvgIpc) is 3.10. The maximum absolute atomic E-state index is 13.8. The zero-order chi connectivity index (χ0) is 22.4. The lowest BCUT2D eigenvalue weighted by atomic mass is 9.96. The minimum absolute atomic E-state index is 0.131. The molecule has 0 spiro atoms. The van der Waals surface area contributed by atoms with Crippen molar-refractivity contribution in [2.24, 2.45) is 0 Å². The molecule has 0 atom stereocenters. The molecule has 0 bridgehead atoms. The summed E-state index contributed by atoms with van der Waals surface area (Å²) >= 11 is 0. The number of benzene rings is 4. The number of anilines is 1. The highest BCUT2D eigenvalue weighted by Crippen LogP contribution is 2.54. The van der Waals surface area contributed by atoms with E-state index in [9.17, 15) is 4.79 Å². The van der Waals surface area contributed by atoms with E-state index >= 15 is 0 Å². The molecule has 5 rings (SSSR count). The lowest BCUT2D eigenvalue weighted by Gasteiger charge is -2.19. The first kappa shape index (κ1) is 20.0. The summed E-state index contributed by atoms with van der Waals surface area (Å²) in [5.41, 5.74) is 2.31. The Bertz CT molecular complexity index is 1360. The normalized spacial score (nSPS) is 12.5. The number of rotatable bonds is 6. The number of carbonyl (C=O) groups excluding carboxylic acids is 1. The Kier molecular flexibility index (Phi) is 4.78. The zero-order valence-electron chi connectivity index (χ0n) is 18.4. The number of nitrogens with zero attached hydrogens (tertiary/aromatic N) is 1. The average molecular weight is 429 g/mol. The number of amides is 1. The Morgan fingerprint density at radius 1 is 0.750 bits per heavy atom. The van der Waals surface area contributed by atoms with Gasteiger partial charge in [0.25, 0.3) is 5.91 Å². The van der Waals surface area contributed by atoms with Crippen LogP contribution >= 0.6 is 0 Å². The fourth-order valence-corrected chi connectivity index (χ4v) is 4.57. The molecular formula is C26H23NO5. The summed E-state index contributed by atoms with van der Waals surface area (Å²) in [6.45, 7) is 0.415. The van der Waals surface area contributed by atoms with Gasteiger partial charge in [-0.15, -0.1) is 0 Å². The van der Waals surface area contributed by atoms with Gasteiger partial charge in [-0.2, -0.15) is 0 Å². The summed E-state index contributed by atoms with van der Waals surface area (Å²) in [4.78, 5) is 15.5. The van der Waals surface area contributed by atoms with Crippen molar-refractivity contribution < 1.29 is 23.7 Å². The van der Waals surface area contributed by atoms with Crippen molar-refractivity contribution in [3.63, 3.8) is 0 Å². The van der Waals surface area contributed by atoms with Gasteiger partial charge in [0.05, 0.1) is 46.2 Å². The van der Waals surface area contributed by atoms with Crippen LogP contribution in [0.25, 0.3) is 21.5 Å². The van der Waals surface area contributed by atoms with E-state index < -0.39 is 0 Å². The summed E-state index contributed by atoms with van der Waals surface area (Å²) in [6.07, 6.45) is 0. The van der Waals surface area contributed by atoms with Crippen molar-refractivity contribution in [2.45, 2.75) is 6.54 Å². The molecule has 0 aromatic heterocycles. The molecule has 0 fully saturated rings. The van der Waals surface area contributed by atoms with E-state index in [0.29, 0.717) is 29.4 Å². The molecule has 0 saturated heterocycles. The number of methoxy groups -OCH3 is 4. The van der Waals surface area contributed by atoms with E-state index in [1.54, 1.807) is 33.3 Å². The molecule has 6 heteroatoms. The van der Waals surface area contributed by atoms with Gasteiger partial charge in [0, 0.05) is 10.8 Å². The van der Waals surface area contributed by atoms with E-state index in [-0.39, 0.29) is 5.91 Å². The predicted octanol–water partition coefficient (Wildman–Crippen LogP) is 5.19. The maximum Gasteiger partial charge on any atom is 0.263 e. The fourth-order valence-electron chi connectivity index (χ4n) is 4.57. The van der Waals surface area contributed by atoms with Crippen LogP contribution in [-0.2, 0) is 6.54 Å². The number of hydrogen-bond acceptors (Lipinski definition) is 5. The van der Waals surface area contributed by atoms with Crippen molar-refractivity contribution in [3.8, 4) is 23.0 Å². The fraction of sp³-hybridized carbons (Fsp3) is 0.192. The summed E-state index contributed by atoms with van der Waals surface area (Å²) < 4.78 is 22.4. The first-order valence-corrected chi connectivity index (χ1v) is 10.2. The lowest BCUT2D eigenvalue weighted by molar-refractivity contribution is 0.0988. The van der Waals surface area contributed by atoms with Crippen molar-refractivity contribution in [2.75, 3.05) is 33.3 Å². The topological polar surface area (TPSA) is 57.2 Å². The van der Waals surface area contributed by atoms with Crippen LogP contribution in [0.1, 0.15) is 15.9 Å². The lowest BCUT2D eigenvalue weighted by Crippen LogP contribution is -2.26. The Morgan fingerprint density at radius 2 is 1.44 bits per heavy atom. The third-order valence-corrected chi connectivity index (χ3v) is 6.01. The quantitative estimate of drug-likeness (QED) is 0.395. The zero-order valence-corrected chi connectivity index (χ0v) is 18.4. The van der Waals surface area contributed by atoms with Crippen LogP contribution in [0, 0.1) is 0 Å². The molecule has 1 aliphatic rings. The van der Waals surface area contributed by atoms with Crippen molar-refractivity contribution in [1.82, 2.24) is 0 Å². The molecule has 1 aliphatic heterocycles. The van der Waals surface area contributed by atoms with Crippen LogP contribution in [0.5, 0.6) is 23.0 Å². The van der Waals surface area contributed by atoms with E-state index in [4.69, 9.17) is 18.9 Å². The second-order valence-corrected chi connectivity index (χ2v) is 7.58. The first-order chi connectivity index (χ1) is 15.6. The van der Waals surface area contributed by atoms with Crippen LogP contribution < -0.4 is 23.8 Å². The third kappa shape index (κ3) is 2.76. The second kappa shape index (κ2) is 7.64. The second-order valence-electron chi connectivity index (χ2n) is 7.58. The molecule has 1 heterocycles. The molecule has 0 unspecified atom stereocenters. The molecule has 162 valence electrons. The monoisotopic (exact) mass is 429 g/mol. The van der Waals surface area contributed by atoms with Gasteiger partial charge in [-0.25, -0.2) is 0 Å². The van der Waals surface area contributed by atoms with Crippen molar-refractivity contribution in [1.29, 1.82) is 0 Å². The van der Waals surface area contributed by atoms with Crippen molar-refractivity contribution in [3.05, 3.63) is 65.7 Å². The molecule has 4 aromatic rings. The van der Waals surface area contributed by atoms with E-state index in [1.165, 1.54) is 0 Å². The van der Waals surface area contributed by atoms with Crippen LogP contribution in [0.4, 0.5) is 5.69 Å². The van der Waals surface area contributed by atoms with E-state index in [0.717, 1.165) is 38.5 Å². The standard InChI is InChI=1S/C26H23NO5/c1-29-17-11-9-15(10-12-17)14-27-19-13-16-7-5-6-8-18(16)20-21(19)22(26(27)28)24(31-3)25(32-4)23(20)30-2/h5-13H,14H2,1-4H3. The Labute approximate surface area is 185 Å². The molecule has 6 nitrogen and oxygen atoms in total. The van der Waals surface area contributed by atoms with Gasteiger partial charge >= 0.3 is 0 Å². The molecule has 32 heavy (non-hydrogen) atoms. The highest BCUT2D eigenvalue weighted by atomic mass is 16.5. The highest BCUT2D eigenvalue weighted by Gasteiger charge is 2.38. The third-order valence-electron chi connectivity index (χ3n) is 6.01. The maximum atomic E-state index is 13.8. The summed E-state index contributed by atoms with van der Waals surface area (Å²) in [7, 11) is 6.33.